The minimum atomic E-state index is -0.848. The molecule has 0 amide bonds. The molecule has 25 heavy (non-hydrogen) atoms. The Labute approximate surface area is 152 Å². The van der Waals surface area contributed by atoms with Crippen molar-refractivity contribution in [2.24, 2.45) is 11.8 Å². The number of hydrogen-bond acceptors (Lipinski definition) is 4. The van der Waals surface area contributed by atoms with Gasteiger partial charge in [-0.25, -0.2) is 4.79 Å². The summed E-state index contributed by atoms with van der Waals surface area (Å²) in [6.45, 7) is 2.77. The van der Waals surface area contributed by atoms with Crippen molar-refractivity contribution < 1.29 is 19.8 Å². The zero-order valence-corrected chi connectivity index (χ0v) is 15.2. The standard InChI is InChI=1S/C19H25NO4S/c1-11-3-2-4-15(18(21)22)17(7-11)25-14-6-5-12-10-20-16(19(23)24)9-13(12)8-14/h2-3,7,12-14,16,20H,4-6,8-10H2,1H3,(H,21,22)(H,23,24)/t12-,13?,14-,16-/m0/s1. The van der Waals surface area contributed by atoms with Crippen molar-refractivity contribution in [1.29, 1.82) is 0 Å². The van der Waals surface area contributed by atoms with E-state index in [-0.39, 0.29) is 0 Å². The highest BCUT2D eigenvalue weighted by Crippen LogP contribution is 2.43. The van der Waals surface area contributed by atoms with Gasteiger partial charge in [-0.2, -0.15) is 0 Å². The predicted molar refractivity (Wildman–Crippen MR) is 98.4 cm³/mol. The van der Waals surface area contributed by atoms with E-state index < -0.39 is 18.0 Å². The third-order valence-corrected chi connectivity index (χ3v) is 6.85. The molecule has 3 N–H and O–H groups in total. The van der Waals surface area contributed by atoms with E-state index >= 15 is 0 Å². The van der Waals surface area contributed by atoms with Gasteiger partial charge in [-0.1, -0.05) is 17.7 Å². The molecule has 1 heterocycles. The monoisotopic (exact) mass is 363 g/mol. The van der Waals surface area contributed by atoms with E-state index in [2.05, 4.69) is 5.32 Å². The lowest BCUT2D eigenvalue weighted by Gasteiger charge is -2.41. The molecule has 136 valence electrons. The molecular weight excluding hydrogens is 338 g/mol. The number of thioether (sulfide) groups is 1. The van der Waals surface area contributed by atoms with Crippen LogP contribution in [0.15, 0.2) is 34.3 Å². The Hall–Kier alpha value is -1.53. The van der Waals surface area contributed by atoms with Gasteiger partial charge in [0.15, 0.2) is 0 Å². The SMILES string of the molecule is CC1=CC(S[C@H]2CC[C@H]3CN[C@H](C(=O)O)CC3C2)=C(C(=O)O)CC=C1. The minimum Gasteiger partial charge on any atom is -0.480 e. The van der Waals surface area contributed by atoms with Gasteiger partial charge in [-0.05, 0) is 63.5 Å². The van der Waals surface area contributed by atoms with Gasteiger partial charge in [0, 0.05) is 10.2 Å². The minimum absolute atomic E-state index is 0.361. The van der Waals surface area contributed by atoms with Gasteiger partial charge in [0.05, 0.1) is 5.57 Å². The number of allylic oxidation sites excluding steroid dienone is 4. The summed E-state index contributed by atoms with van der Waals surface area (Å²) in [7, 11) is 0. The quantitative estimate of drug-likeness (QED) is 0.711. The maximum absolute atomic E-state index is 11.6. The van der Waals surface area contributed by atoms with Crippen molar-refractivity contribution in [3.8, 4) is 0 Å². The number of aliphatic carboxylic acids is 2. The smallest absolute Gasteiger partial charge is 0.333 e. The van der Waals surface area contributed by atoms with E-state index in [4.69, 9.17) is 0 Å². The molecule has 1 unspecified atom stereocenters. The van der Waals surface area contributed by atoms with Crippen LogP contribution in [0.25, 0.3) is 0 Å². The zero-order valence-electron chi connectivity index (χ0n) is 14.4. The van der Waals surface area contributed by atoms with Crippen LogP contribution in [0, 0.1) is 11.8 Å². The average molecular weight is 363 g/mol. The van der Waals surface area contributed by atoms with E-state index in [9.17, 15) is 19.8 Å². The first-order chi connectivity index (χ1) is 11.9. The molecule has 0 aromatic heterocycles. The van der Waals surface area contributed by atoms with Gasteiger partial charge < -0.3 is 15.5 Å². The fourth-order valence-electron chi connectivity index (χ4n) is 4.10. The molecule has 0 spiro atoms. The van der Waals surface area contributed by atoms with Gasteiger partial charge in [0.2, 0.25) is 0 Å². The molecule has 1 aliphatic heterocycles. The van der Waals surface area contributed by atoms with Crippen molar-refractivity contribution in [1.82, 2.24) is 5.32 Å². The second-order valence-corrected chi connectivity index (χ2v) is 8.59. The fourth-order valence-corrected chi connectivity index (χ4v) is 5.62. The number of carbonyl (C=O) groups is 2. The van der Waals surface area contributed by atoms with E-state index in [1.54, 1.807) is 11.8 Å². The van der Waals surface area contributed by atoms with Crippen LogP contribution in [0.2, 0.25) is 0 Å². The van der Waals surface area contributed by atoms with Crippen molar-refractivity contribution in [2.75, 3.05) is 6.54 Å². The van der Waals surface area contributed by atoms with Crippen molar-refractivity contribution in [3.05, 3.63) is 34.3 Å². The molecule has 0 radical (unpaired) electrons. The van der Waals surface area contributed by atoms with Crippen molar-refractivity contribution in [2.45, 2.75) is 50.3 Å². The number of carboxylic acids is 2. The van der Waals surface area contributed by atoms with Crippen LogP contribution in [-0.2, 0) is 9.59 Å². The summed E-state index contributed by atoms with van der Waals surface area (Å²) in [5, 5.41) is 22.3. The second kappa shape index (κ2) is 7.79. The molecule has 3 rings (SSSR count). The maximum atomic E-state index is 11.6. The normalized spacial score (nSPS) is 32.6. The third kappa shape index (κ3) is 4.36. The van der Waals surface area contributed by atoms with Crippen LogP contribution in [0.3, 0.4) is 0 Å². The summed E-state index contributed by atoms with van der Waals surface area (Å²) in [5.41, 5.74) is 1.54. The van der Waals surface area contributed by atoms with E-state index in [0.717, 1.165) is 36.3 Å². The Balaban J connectivity index is 1.71. The third-order valence-electron chi connectivity index (χ3n) is 5.47. The lowest BCUT2D eigenvalue weighted by atomic mass is 9.73. The first-order valence-corrected chi connectivity index (χ1v) is 9.76. The lowest BCUT2D eigenvalue weighted by Crippen LogP contribution is -2.49. The molecule has 3 aliphatic rings. The van der Waals surface area contributed by atoms with Crippen LogP contribution in [0.5, 0.6) is 0 Å². The first-order valence-electron chi connectivity index (χ1n) is 8.88. The Morgan fingerprint density at radius 3 is 2.72 bits per heavy atom. The van der Waals surface area contributed by atoms with Gasteiger partial charge in [-0.3, -0.25) is 4.79 Å². The van der Waals surface area contributed by atoms with Gasteiger partial charge in [-0.15, -0.1) is 11.8 Å². The van der Waals surface area contributed by atoms with E-state index in [0.29, 0.717) is 35.5 Å². The fraction of sp³-hybridized carbons (Fsp3) is 0.579. The van der Waals surface area contributed by atoms with Crippen molar-refractivity contribution in [3.63, 3.8) is 0 Å². The molecule has 4 atom stereocenters. The molecular formula is C19H25NO4S. The number of hydrogen-bond donors (Lipinski definition) is 3. The molecule has 2 aliphatic carbocycles. The molecule has 0 bridgehead atoms. The summed E-state index contributed by atoms with van der Waals surface area (Å²) in [6.07, 6.45) is 10.1. The van der Waals surface area contributed by atoms with Gasteiger partial charge in [0.1, 0.15) is 6.04 Å². The summed E-state index contributed by atoms with van der Waals surface area (Å²) in [6, 6.07) is -0.442. The molecule has 5 nitrogen and oxygen atoms in total. The highest BCUT2D eigenvalue weighted by Gasteiger charge is 2.38. The van der Waals surface area contributed by atoms with Crippen LogP contribution in [0.4, 0.5) is 0 Å². The highest BCUT2D eigenvalue weighted by atomic mass is 32.2. The van der Waals surface area contributed by atoms with Crippen LogP contribution in [-0.4, -0.2) is 40.0 Å². The Morgan fingerprint density at radius 1 is 1.20 bits per heavy atom. The largest absolute Gasteiger partial charge is 0.480 e. The van der Waals surface area contributed by atoms with Gasteiger partial charge in [0.25, 0.3) is 0 Å². The van der Waals surface area contributed by atoms with Crippen LogP contribution in [0.1, 0.15) is 39.0 Å². The number of fused-ring (bicyclic) bond motifs is 1. The molecule has 0 aromatic rings. The van der Waals surface area contributed by atoms with Crippen LogP contribution >= 0.6 is 11.8 Å². The molecule has 0 aromatic carbocycles. The number of carboxylic acid groups (broad SMARTS) is 2. The number of piperidine rings is 1. The van der Waals surface area contributed by atoms with Crippen LogP contribution < -0.4 is 5.32 Å². The summed E-state index contributed by atoms with van der Waals surface area (Å²) in [4.78, 5) is 23.7. The Kier molecular flexibility index (Phi) is 5.69. The first kappa shape index (κ1) is 18.3. The lowest BCUT2D eigenvalue weighted by molar-refractivity contribution is -0.141. The van der Waals surface area contributed by atoms with Gasteiger partial charge >= 0.3 is 11.9 Å². The Morgan fingerprint density at radius 2 is 2.00 bits per heavy atom. The number of rotatable bonds is 4. The second-order valence-electron chi connectivity index (χ2n) is 7.25. The summed E-state index contributed by atoms with van der Waals surface area (Å²) >= 11 is 1.67. The van der Waals surface area contributed by atoms with E-state index in [1.807, 2.05) is 25.2 Å². The number of nitrogens with one attached hydrogen (secondary N) is 1. The van der Waals surface area contributed by atoms with Crippen molar-refractivity contribution >= 4 is 23.7 Å². The average Bonchev–Trinajstić information content (AvgIpc) is 2.75. The molecule has 2 fully saturated rings. The highest BCUT2D eigenvalue weighted by molar-refractivity contribution is 8.03. The maximum Gasteiger partial charge on any atom is 0.333 e. The Bertz CT molecular complexity index is 652. The zero-order chi connectivity index (χ0) is 18.0. The molecule has 1 saturated heterocycles. The van der Waals surface area contributed by atoms with E-state index in [1.165, 1.54) is 0 Å². The predicted octanol–water partition coefficient (Wildman–Crippen LogP) is 3.20. The molecule has 1 saturated carbocycles. The summed E-state index contributed by atoms with van der Waals surface area (Å²) < 4.78 is 0. The molecule has 6 heteroatoms. The summed E-state index contributed by atoms with van der Waals surface area (Å²) in [5.74, 6) is -0.651. The topological polar surface area (TPSA) is 86.6 Å².